The molecule has 0 spiro atoms. The first kappa shape index (κ1) is 11.8. The van der Waals surface area contributed by atoms with Crippen molar-refractivity contribution >= 4 is 22.7 Å². The summed E-state index contributed by atoms with van der Waals surface area (Å²) in [5, 5.41) is 13.3. The second-order valence-electron chi connectivity index (χ2n) is 3.81. The molecule has 0 amide bonds. The van der Waals surface area contributed by atoms with E-state index >= 15 is 0 Å². The first-order valence-electron chi connectivity index (χ1n) is 5.63. The maximum Gasteiger partial charge on any atom is 0.238 e. The molecule has 94 valence electrons. The van der Waals surface area contributed by atoms with Gasteiger partial charge in [0.1, 0.15) is 5.58 Å². The molecule has 6 heteroatoms. The highest BCUT2D eigenvalue weighted by atomic mass is 32.2. The summed E-state index contributed by atoms with van der Waals surface area (Å²) in [4.78, 5) is 4.25. The number of hydrogen-bond acceptors (Lipinski definition) is 6. The van der Waals surface area contributed by atoms with Crippen LogP contribution in [0, 0.1) is 11.3 Å². The van der Waals surface area contributed by atoms with E-state index in [4.69, 9.17) is 14.2 Å². The quantitative estimate of drug-likeness (QED) is 0.678. The molecule has 0 saturated heterocycles. The van der Waals surface area contributed by atoms with Crippen molar-refractivity contribution in [1.29, 1.82) is 5.26 Å². The fourth-order valence-corrected chi connectivity index (χ4v) is 2.17. The molecule has 0 saturated carbocycles. The van der Waals surface area contributed by atoms with Gasteiger partial charge in [-0.3, -0.25) is 0 Å². The standard InChI is InChI=1S/C13H9N3O2S/c14-5-6-19-8-12-15-13(16-18-12)11-7-9-3-1-2-4-10(9)17-11/h1-4,7H,6,8H2. The normalized spacial score (nSPS) is 10.7. The fourth-order valence-electron chi connectivity index (χ4n) is 1.69. The summed E-state index contributed by atoms with van der Waals surface area (Å²) in [6.45, 7) is 0. The third-order valence-corrected chi connectivity index (χ3v) is 3.29. The molecule has 19 heavy (non-hydrogen) atoms. The van der Waals surface area contributed by atoms with Crippen molar-refractivity contribution < 1.29 is 8.94 Å². The van der Waals surface area contributed by atoms with Crippen molar-refractivity contribution in [3.05, 3.63) is 36.2 Å². The predicted octanol–water partition coefficient (Wildman–Crippen LogP) is 3.24. The van der Waals surface area contributed by atoms with Gasteiger partial charge in [-0.05, 0) is 12.1 Å². The second kappa shape index (κ2) is 5.16. The average Bonchev–Trinajstić information content (AvgIpc) is 3.04. The molecular weight excluding hydrogens is 262 g/mol. The molecule has 3 rings (SSSR count). The van der Waals surface area contributed by atoms with Crippen molar-refractivity contribution in [2.45, 2.75) is 5.75 Å². The Bertz CT molecular complexity index is 709. The zero-order chi connectivity index (χ0) is 13.1. The van der Waals surface area contributed by atoms with Crippen LogP contribution >= 0.6 is 11.8 Å². The summed E-state index contributed by atoms with van der Waals surface area (Å²) in [7, 11) is 0. The molecule has 0 radical (unpaired) electrons. The lowest BCUT2D eigenvalue weighted by Gasteiger charge is -1.87. The van der Waals surface area contributed by atoms with E-state index in [0.717, 1.165) is 11.0 Å². The van der Waals surface area contributed by atoms with Gasteiger partial charge in [0, 0.05) is 5.39 Å². The number of nitrogens with zero attached hydrogens (tertiary/aromatic N) is 3. The molecule has 1 aromatic carbocycles. The smallest absolute Gasteiger partial charge is 0.238 e. The summed E-state index contributed by atoms with van der Waals surface area (Å²) in [5.74, 6) is 2.45. The maximum absolute atomic E-state index is 8.46. The van der Waals surface area contributed by atoms with Gasteiger partial charge in [0.25, 0.3) is 0 Å². The molecule has 2 heterocycles. The zero-order valence-electron chi connectivity index (χ0n) is 9.87. The van der Waals surface area contributed by atoms with E-state index < -0.39 is 0 Å². The molecule has 2 aromatic heterocycles. The summed E-state index contributed by atoms with van der Waals surface area (Å²) in [6, 6.07) is 11.6. The molecule has 0 bridgehead atoms. The molecular formula is C13H9N3O2S. The van der Waals surface area contributed by atoms with Gasteiger partial charge in [0.05, 0.1) is 17.6 Å². The molecule has 0 fully saturated rings. The van der Waals surface area contributed by atoms with Crippen LogP contribution in [0.15, 0.2) is 39.3 Å². The Morgan fingerprint density at radius 1 is 1.32 bits per heavy atom. The topological polar surface area (TPSA) is 75.8 Å². The first-order valence-corrected chi connectivity index (χ1v) is 6.78. The predicted molar refractivity (Wildman–Crippen MR) is 71.3 cm³/mol. The molecule has 0 aliphatic heterocycles. The van der Waals surface area contributed by atoms with Gasteiger partial charge in [-0.1, -0.05) is 23.4 Å². The Kier molecular flexibility index (Phi) is 3.21. The van der Waals surface area contributed by atoms with Crippen LogP contribution in [-0.4, -0.2) is 15.9 Å². The van der Waals surface area contributed by atoms with Crippen molar-refractivity contribution in [1.82, 2.24) is 10.1 Å². The first-order chi connectivity index (χ1) is 9.36. The summed E-state index contributed by atoms with van der Waals surface area (Å²) < 4.78 is 10.8. The van der Waals surface area contributed by atoms with Crippen LogP contribution in [0.5, 0.6) is 0 Å². The lowest BCUT2D eigenvalue weighted by Crippen LogP contribution is -1.82. The van der Waals surface area contributed by atoms with Gasteiger partial charge in [-0.2, -0.15) is 10.2 Å². The van der Waals surface area contributed by atoms with Gasteiger partial charge in [-0.15, -0.1) is 11.8 Å². The fraction of sp³-hybridized carbons (Fsp3) is 0.154. The number of hydrogen-bond donors (Lipinski definition) is 0. The van der Waals surface area contributed by atoms with Crippen LogP contribution in [0.25, 0.3) is 22.6 Å². The third-order valence-electron chi connectivity index (χ3n) is 2.51. The van der Waals surface area contributed by atoms with Gasteiger partial charge in [0.15, 0.2) is 5.76 Å². The number of furan rings is 1. The van der Waals surface area contributed by atoms with E-state index in [-0.39, 0.29) is 0 Å². The monoisotopic (exact) mass is 271 g/mol. The van der Waals surface area contributed by atoms with Gasteiger partial charge in [-0.25, -0.2) is 0 Å². The molecule has 5 nitrogen and oxygen atoms in total. The van der Waals surface area contributed by atoms with E-state index in [0.29, 0.717) is 29.0 Å². The SMILES string of the molecule is N#CCSCc1nc(-c2cc3ccccc3o2)no1. The van der Waals surface area contributed by atoms with E-state index in [9.17, 15) is 0 Å². The Hall–Kier alpha value is -2.26. The summed E-state index contributed by atoms with van der Waals surface area (Å²) in [6.07, 6.45) is 0. The number of aromatic nitrogens is 2. The number of para-hydroxylation sites is 1. The van der Waals surface area contributed by atoms with E-state index in [1.165, 1.54) is 11.8 Å². The highest BCUT2D eigenvalue weighted by Gasteiger charge is 2.13. The van der Waals surface area contributed by atoms with Gasteiger partial charge < -0.3 is 8.94 Å². The van der Waals surface area contributed by atoms with Crippen LogP contribution in [0.1, 0.15) is 5.89 Å². The Labute approximate surface area is 113 Å². The maximum atomic E-state index is 8.46. The highest BCUT2D eigenvalue weighted by Crippen LogP contribution is 2.26. The van der Waals surface area contributed by atoms with Crippen molar-refractivity contribution in [3.63, 3.8) is 0 Å². The lowest BCUT2D eigenvalue weighted by molar-refractivity contribution is 0.390. The van der Waals surface area contributed by atoms with Crippen molar-refractivity contribution in [2.24, 2.45) is 0 Å². The molecule has 0 N–H and O–H groups in total. The third kappa shape index (κ3) is 2.46. The van der Waals surface area contributed by atoms with E-state index in [1.807, 2.05) is 36.4 Å². The summed E-state index contributed by atoms with van der Waals surface area (Å²) >= 11 is 1.43. The van der Waals surface area contributed by atoms with Gasteiger partial charge >= 0.3 is 0 Å². The van der Waals surface area contributed by atoms with Crippen molar-refractivity contribution in [2.75, 3.05) is 5.75 Å². The molecule has 0 atom stereocenters. The minimum absolute atomic E-state index is 0.405. The van der Waals surface area contributed by atoms with Crippen LogP contribution < -0.4 is 0 Å². The number of nitriles is 1. The molecule has 0 aliphatic rings. The summed E-state index contributed by atoms with van der Waals surface area (Å²) in [5.41, 5.74) is 0.794. The minimum Gasteiger partial charge on any atom is -0.453 e. The number of thioether (sulfide) groups is 1. The lowest BCUT2D eigenvalue weighted by atomic mass is 10.2. The number of benzene rings is 1. The Morgan fingerprint density at radius 2 is 2.21 bits per heavy atom. The van der Waals surface area contributed by atoms with E-state index in [1.54, 1.807) is 0 Å². The number of fused-ring (bicyclic) bond motifs is 1. The largest absolute Gasteiger partial charge is 0.453 e. The zero-order valence-corrected chi connectivity index (χ0v) is 10.7. The molecule has 0 unspecified atom stereocenters. The van der Waals surface area contributed by atoms with Crippen molar-refractivity contribution in [3.8, 4) is 17.7 Å². The molecule has 3 aromatic rings. The minimum atomic E-state index is 0.405. The van der Waals surface area contributed by atoms with Crippen LogP contribution in [0.3, 0.4) is 0 Å². The van der Waals surface area contributed by atoms with Gasteiger partial charge in [0.2, 0.25) is 11.7 Å². The Balaban J connectivity index is 1.84. The van der Waals surface area contributed by atoms with E-state index in [2.05, 4.69) is 10.1 Å². The number of rotatable bonds is 4. The molecule has 0 aliphatic carbocycles. The second-order valence-corrected chi connectivity index (χ2v) is 4.80. The average molecular weight is 271 g/mol. The Morgan fingerprint density at radius 3 is 3.05 bits per heavy atom. The van der Waals surface area contributed by atoms with Crippen LogP contribution in [0.2, 0.25) is 0 Å². The van der Waals surface area contributed by atoms with Crippen LogP contribution in [-0.2, 0) is 5.75 Å². The highest BCUT2D eigenvalue weighted by molar-refractivity contribution is 7.98. The van der Waals surface area contributed by atoms with Crippen LogP contribution in [0.4, 0.5) is 0 Å².